The Bertz CT molecular complexity index is 1080. The minimum atomic E-state index is -3.60. The van der Waals surface area contributed by atoms with Crippen LogP contribution in [-0.2, 0) is 10.0 Å². The van der Waals surface area contributed by atoms with Crippen molar-refractivity contribution in [3.05, 3.63) is 48.3 Å². The molecule has 7 nitrogen and oxygen atoms in total. The van der Waals surface area contributed by atoms with Crippen LogP contribution in [0.3, 0.4) is 0 Å². The van der Waals surface area contributed by atoms with Crippen molar-refractivity contribution in [3.63, 3.8) is 0 Å². The van der Waals surface area contributed by atoms with Crippen molar-refractivity contribution in [2.45, 2.75) is 23.7 Å². The van der Waals surface area contributed by atoms with Crippen molar-refractivity contribution < 1.29 is 17.9 Å². The molecule has 0 bridgehead atoms. The quantitative estimate of drug-likeness (QED) is 0.749. The maximum atomic E-state index is 13.1. The number of benzene rings is 2. The van der Waals surface area contributed by atoms with Gasteiger partial charge in [0.25, 0.3) is 0 Å². The Morgan fingerprint density at radius 2 is 1.96 bits per heavy atom. The molecule has 2 aliphatic heterocycles. The van der Waals surface area contributed by atoms with E-state index in [9.17, 15) is 8.42 Å². The maximum Gasteiger partial charge on any atom is 0.243 e. The number of hydrogen-bond acceptors (Lipinski definition) is 5. The smallest absolute Gasteiger partial charge is 0.243 e. The van der Waals surface area contributed by atoms with Crippen molar-refractivity contribution in [3.8, 4) is 11.5 Å². The zero-order valence-corrected chi connectivity index (χ0v) is 15.4. The van der Waals surface area contributed by atoms with Gasteiger partial charge in [-0.3, -0.25) is 0 Å². The van der Waals surface area contributed by atoms with Crippen LogP contribution in [0.25, 0.3) is 11.0 Å². The molecule has 0 amide bonds. The predicted octanol–water partition coefficient (Wildman–Crippen LogP) is 2.86. The lowest BCUT2D eigenvalue weighted by molar-refractivity contribution is 0.174. The van der Waals surface area contributed by atoms with Crippen molar-refractivity contribution in [2.24, 2.45) is 0 Å². The SMILES string of the molecule is O=S(=O)(c1ccc2c(c1)OCO2)N1CCCC(c2nc3ccccc3[nH]2)C1. The molecule has 0 radical (unpaired) electrons. The summed E-state index contributed by atoms with van der Waals surface area (Å²) in [7, 11) is -3.60. The van der Waals surface area contributed by atoms with E-state index in [1.165, 1.54) is 0 Å². The van der Waals surface area contributed by atoms with E-state index < -0.39 is 10.0 Å². The molecule has 1 aromatic heterocycles. The lowest BCUT2D eigenvalue weighted by Crippen LogP contribution is -2.39. The number of hydrogen-bond donors (Lipinski definition) is 1. The number of sulfonamides is 1. The molecule has 5 rings (SSSR count). The van der Waals surface area contributed by atoms with Gasteiger partial charge in [-0.25, -0.2) is 13.4 Å². The summed E-state index contributed by atoms with van der Waals surface area (Å²) in [5, 5.41) is 0. The topological polar surface area (TPSA) is 84.5 Å². The third-order valence-corrected chi connectivity index (χ3v) is 7.02. The zero-order chi connectivity index (χ0) is 18.4. The first kappa shape index (κ1) is 16.6. The number of fused-ring (bicyclic) bond motifs is 2. The minimum Gasteiger partial charge on any atom is -0.454 e. The molecular weight excluding hydrogens is 366 g/mol. The van der Waals surface area contributed by atoms with Gasteiger partial charge in [-0.1, -0.05) is 12.1 Å². The van der Waals surface area contributed by atoms with Gasteiger partial charge in [-0.05, 0) is 37.1 Å². The Kier molecular flexibility index (Phi) is 3.84. The molecule has 8 heteroatoms. The first-order valence-electron chi connectivity index (χ1n) is 8.96. The molecule has 1 N–H and O–H groups in total. The standard InChI is InChI=1S/C19H19N3O4S/c23-27(24,14-7-8-17-18(10-14)26-12-25-17)22-9-3-4-13(11-22)19-20-15-5-1-2-6-16(15)21-19/h1-2,5-8,10,13H,3-4,9,11-12H2,(H,20,21). The number of piperidine rings is 1. The molecular formula is C19H19N3O4S. The summed E-state index contributed by atoms with van der Waals surface area (Å²) in [5.41, 5.74) is 1.88. The van der Waals surface area contributed by atoms with Gasteiger partial charge in [0.05, 0.1) is 15.9 Å². The summed E-state index contributed by atoms with van der Waals surface area (Å²) >= 11 is 0. The minimum absolute atomic E-state index is 0.0509. The normalized spacial score (nSPS) is 20.2. The van der Waals surface area contributed by atoms with Crippen molar-refractivity contribution in [2.75, 3.05) is 19.9 Å². The number of rotatable bonds is 3. The van der Waals surface area contributed by atoms with Crippen molar-refractivity contribution >= 4 is 21.1 Å². The number of imidazole rings is 1. The highest BCUT2D eigenvalue weighted by Crippen LogP contribution is 2.36. The summed E-state index contributed by atoms with van der Waals surface area (Å²) in [6.45, 7) is 1.04. The Balaban J connectivity index is 1.43. The summed E-state index contributed by atoms with van der Waals surface area (Å²) < 4.78 is 38.4. The van der Waals surface area contributed by atoms with Gasteiger partial charge in [-0.15, -0.1) is 0 Å². The number of aromatic nitrogens is 2. The van der Waals surface area contributed by atoms with Gasteiger partial charge in [-0.2, -0.15) is 4.31 Å². The summed E-state index contributed by atoms with van der Waals surface area (Å²) in [6, 6.07) is 12.6. The maximum absolute atomic E-state index is 13.1. The number of nitrogens with zero attached hydrogens (tertiary/aromatic N) is 2. The average Bonchev–Trinajstić information content (AvgIpc) is 3.34. The molecule has 3 aromatic rings. The molecule has 0 saturated carbocycles. The van der Waals surface area contributed by atoms with Gasteiger partial charge in [0, 0.05) is 25.1 Å². The van der Waals surface area contributed by atoms with Crippen LogP contribution >= 0.6 is 0 Å². The highest BCUT2D eigenvalue weighted by atomic mass is 32.2. The molecule has 0 spiro atoms. The number of nitrogens with one attached hydrogen (secondary N) is 1. The van der Waals surface area contributed by atoms with Crippen LogP contribution in [0, 0.1) is 0 Å². The fourth-order valence-corrected chi connectivity index (χ4v) is 5.28. The van der Waals surface area contributed by atoms with Gasteiger partial charge < -0.3 is 14.5 Å². The Hall–Kier alpha value is -2.58. The van der Waals surface area contributed by atoms with Crippen LogP contribution in [0.4, 0.5) is 0 Å². The second-order valence-electron chi connectivity index (χ2n) is 6.86. The third kappa shape index (κ3) is 2.85. The van der Waals surface area contributed by atoms with Crippen LogP contribution in [0.1, 0.15) is 24.6 Å². The first-order valence-corrected chi connectivity index (χ1v) is 10.4. The molecule has 140 valence electrons. The molecule has 1 unspecified atom stereocenters. The lowest BCUT2D eigenvalue weighted by Gasteiger charge is -2.31. The average molecular weight is 385 g/mol. The van der Waals surface area contributed by atoms with E-state index in [1.807, 2.05) is 24.3 Å². The van der Waals surface area contributed by atoms with E-state index in [0.717, 1.165) is 29.7 Å². The number of aromatic amines is 1. The zero-order valence-electron chi connectivity index (χ0n) is 14.6. The number of para-hydroxylation sites is 2. The molecule has 1 saturated heterocycles. The predicted molar refractivity (Wildman–Crippen MR) is 99.4 cm³/mol. The van der Waals surface area contributed by atoms with Crippen LogP contribution in [0.15, 0.2) is 47.4 Å². The second-order valence-corrected chi connectivity index (χ2v) is 8.79. The fourth-order valence-electron chi connectivity index (χ4n) is 3.74. The van der Waals surface area contributed by atoms with E-state index >= 15 is 0 Å². The summed E-state index contributed by atoms with van der Waals surface area (Å²) in [5.74, 6) is 1.95. The Morgan fingerprint density at radius 3 is 2.85 bits per heavy atom. The third-order valence-electron chi connectivity index (χ3n) is 5.16. The molecule has 0 aliphatic carbocycles. The number of H-pyrrole nitrogens is 1. The molecule has 1 atom stereocenters. The van der Waals surface area contributed by atoms with Crippen LogP contribution in [-0.4, -0.2) is 42.6 Å². The van der Waals surface area contributed by atoms with E-state index in [4.69, 9.17) is 9.47 Å². The largest absolute Gasteiger partial charge is 0.454 e. The van der Waals surface area contributed by atoms with E-state index in [-0.39, 0.29) is 17.6 Å². The molecule has 2 aromatic carbocycles. The van der Waals surface area contributed by atoms with Crippen molar-refractivity contribution in [1.29, 1.82) is 0 Å². The first-order chi connectivity index (χ1) is 13.1. The Morgan fingerprint density at radius 1 is 1.11 bits per heavy atom. The van der Waals surface area contributed by atoms with Crippen molar-refractivity contribution in [1.82, 2.24) is 14.3 Å². The highest BCUT2D eigenvalue weighted by molar-refractivity contribution is 7.89. The van der Waals surface area contributed by atoms with Crippen LogP contribution in [0.2, 0.25) is 0 Å². The molecule has 1 fully saturated rings. The summed E-state index contributed by atoms with van der Waals surface area (Å²) in [4.78, 5) is 8.23. The molecule has 3 heterocycles. The molecule has 2 aliphatic rings. The van der Waals surface area contributed by atoms with Crippen LogP contribution < -0.4 is 9.47 Å². The summed E-state index contributed by atoms with van der Waals surface area (Å²) in [6.07, 6.45) is 1.71. The molecule has 27 heavy (non-hydrogen) atoms. The number of ether oxygens (including phenoxy) is 2. The Labute approximate surface area is 157 Å². The van der Waals surface area contributed by atoms with E-state index in [1.54, 1.807) is 22.5 Å². The lowest BCUT2D eigenvalue weighted by atomic mass is 9.99. The fraction of sp³-hybridized carbons (Fsp3) is 0.316. The van der Waals surface area contributed by atoms with Crippen LogP contribution in [0.5, 0.6) is 11.5 Å². The van der Waals surface area contributed by atoms with E-state index in [0.29, 0.717) is 24.6 Å². The highest BCUT2D eigenvalue weighted by Gasteiger charge is 2.33. The second kappa shape index (κ2) is 6.24. The van der Waals surface area contributed by atoms with Gasteiger partial charge in [0.2, 0.25) is 16.8 Å². The van der Waals surface area contributed by atoms with Gasteiger partial charge in [0.15, 0.2) is 11.5 Å². The van der Waals surface area contributed by atoms with Gasteiger partial charge in [0.1, 0.15) is 5.82 Å². The monoisotopic (exact) mass is 385 g/mol. The van der Waals surface area contributed by atoms with Gasteiger partial charge >= 0.3 is 0 Å². The van der Waals surface area contributed by atoms with E-state index in [2.05, 4.69) is 9.97 Å².